The lowest BCUT2D eigenvalue weighted by Gasteiger charge is -2.33. The van der Waals surface area contributed by atoms with Gasteiger partial charge in [0.25, 0.3) is 0 Å². The molecule has 0 N–H and O–H groups in total. The minimum Gasteiger partial charge on any atom is -0.444 e. The molecule has 1 aliphatic rings. The van der Waals surface area contributed by atoms with Gasteiger partial charge in [-0.1, -0.05) is 0 Å². The highest BCUT2D eigenvalue weighted by Crippen LogP contribution is 2.21. The first kappa shape index (κ1) is 15.3. The minimum absolute atomic E-state index is 0.0256. The highest BCUT2D eigenvalue weighted by atomic mass is 127. The zero-order chi connectivity index (χ0) is 14.9. The number of likely N-dealkylation sites (tertiary alicyclic amines) is 1. The molecule has 110 valence electrons. The number of hydrogen-bond donors (Lipinski definition) is 0. The molecule has 0 radical (unpaired) electrons. The van der Waals surface area contributed by atoms with Crippen LogP contribution >= 0.6 is 22.6 Å². The third-order valence-electron chi connectivity index (χ3n) is 2.86. The highest BCUT2D eigenvalue weighted by Gasteiger charge is 2.32. The number of amides is 1. The summed E-state index contributed by atoms with van der Waals surface area (Å²) in [6, 6.07) is -0.118. The zero-order valence-corrected chi connectivity index (χ0v) is 14.0. The predicted molar refractivity (Wildman–Crippen MR) is 81.4 cm³/mol. The smallest absolute Gasteiger partial charge is 0.410 e. The van der Waals surface area contributed by atoms with Crippen LogP contribution in [0.15, 0.2) is 12.4 Å². The van der Waals surface area contributed by atoms with E-state index < -0.39 is 11.7 Å². The summed E-state index contributed by atoms with van der Waals surface area (Å²) in [5.74, 6) is 0.0256. The third-order valence-corrected chi connectivity index (χ3v) is 3.41. The summed E-state index contributed by atoms with van der Waals surface area (Å²) in [6.07, 6.45) is 3.56. The Kier molecular flexibility index (Phi) is 4.36. The van der Waals surface area contributed by atoms with Gasteiger partial charge in [-0.05, 0) is 43.4 Å². The maximum absolute atomic E-state index is 12.1. The lowest BCUT2D eigenvalue weighted by Crippen LogP contribution is -2.47. The van der Waals surface area contributed by atoms with E-state index in [1.807, 2.05) is 27.0 Å². The number of ketones is 1. The monoisotopic (exact) mass is 391 g/mol. The number of halogens is 1. The van der Waals surface area contributed by atoms with Crippen molar-refractivity contribution in [2.24, 2.45) is 0 Å². The largest absolute Gasteiger partial charge is 0.444 e. The Hall–Kier alpha value is -1.12. The van der Waals surface area contributed by atoms with Crippen LogP contribution in [0.4, 0.5) is 4.79 Å². The molecule has 2 rings (SSSR count). The van der Waals surface area contributed by atoms with E-state index in [1.54, 1.807) is 10.9 Å². The van der Waals surface area contributed by atoms with Gasteiger partial charge in [0.05, 0.1) is 22.4 Å². The van der Waals surface area contributed by atoms with Crippen molar-refractivity contribution in [3.8, 4) is 0 Å². The predicted octanol–water partition coefficient (Wildman–Crippen LogP) is 2.24. The standard InChI is InChI=1S/C13H18IN3O3/c1-13(2,3)20-12(19)16-7-10(4-11(18)8-16)17-6-9(14)5-15-17/h5-6,10H,4,7-8H2,1-3H3. The maximum Gasteiger partial charge on any atom is 0.410 e. The number of ether oxygens (including phenoxy) is 1. The molecule has 1 amide bonds. The Morgan fingerprint density at radius 1 is 1.50 bits per heavy atom. The van der Waals surface area contributed by atoms with Gasteiger partial charge in [-0.15, -0.1) is 0 Å². The molecule has 0 saturated carbocycles. The molecule has 1 aromatic rings. The SMILES string of the molecule is CC(C)(C)OC(=O)N1CC(=O)CC(n2cc(I)cn2)C1. The molecule has 7 heteroatoms. The summed E-state index contributed by atoms with van der Waals surface area (Å²) in [5.41, 5.74) is -0.561. The molecule has 6 nitrogen and oxygen atoms in total. The number of carbonyl (C=O) groups is 2. The molecule has 1 unspecified atom stereocenters. The van der Waals surface area contributed by atoms with Crippen LogP contribution in [-0.4, -0.2) is 45.2 Å². The first-order valence-corrected chi connectivity index (χ1v) is 7.52. The molecule has 0 aliphatic carbocycles. The van der Waals surface area contributed by atoms with Crippen molar-refractivity contribution >= 4 is 34.5 Å². The molecule has 1 aliphatic heterocycles. The van der Waals surface area contributed by atoms with Crippen LogP contribution < -0.4 is 0 Å². The molecule has 20 heavy (non-hydrogen) atoms. The molecule has 0 bridgehead atoms. The van der Waals surface area contributed by atoms with Crippen molar-refractivity contribution in [1.29, 1.82) is 0 Å². The van der Waals surface area contributed by atoms with Gasteiger partial charge in [0.1, 0.15) is 5.60 Å². The molecular weight excluding hydrogens is 373 g/mol. The Morgan fingerprint density at radius 2 is 2.20 bits per heavy atom. The Balaban J connectivity index is 2.08. The van der Waals surface area contributed by atoms with Crippen LogP contribution in [0.1, 0.15) is 33.2 Å². The van der Waals surface area contributed by atoms with Crippen LogP contribution in [0.25, 0.3) is 0 Å². The van der Waals surface area contributed by atoms with Crippen LogP contribution in [0, 0.1) is 3.57 Å². The van der Waals surface area contributed by atoms with Gasteiger partial charge in [0.2, 0.25) is 0 Å². The molecule has 1 saturated heterocycles. The van der Waals surface area contributed by atoms with E-state index in [0.717, 1.165) is 3.57 Å². The molecular formula is C13H18IN3O3. The molecule has 1 atom stereocenters. The van der Waals surface area contributed by atoms with E-state index in [-0.39, 0.29) is 18.4 Å². The average molecular weight is 391 g/mol. The van der Waals surface area contributed by atoms with Crippen molar-refractivity contribution in [2.45, 2.75) is 38.8 Å². The Bertz CT molecular complexity index is 521. The molecule has 0 spiro atoms. The fourth-order valence-corrected chi connectivity index (χ4v) is 2.49. The van der Waals surface area contributed by atoms with Crippen LogP contribution in [0.3, 0.4) is 0 Å². The Morgan fingerprint density at radius 3 is 2.75 bits per heavy atom. The number of piperidine rings is 1. The van der Waals surface area contributed by atoms with Crippen LogP contribution in [0.5, 0.6) is 0 Å². The highest BCUT2D eigenvalue weighted by molar-refractivity contribution is 14.1. The van der Waals surface area contributed by atoms with Gasteiger partial charge in [0.15, 0.2) is 5.78 Å². The number of aromatic nitrogens is 2. The summed E-state index contributed by atoms with van der Waals surface area (Å²) in [5, 5.41) is 4.22. The third kappa shape index (κ3) is 3.94. The summed E-state index contributed by atoms with van der Waals surface area (Å²) >= 11 is 2.17. The molecule has 1 aromatic heterocycles. The van der Waals surface area contributed by atoms with E-state index in [4.69, 9.17) is 4.74 Å². The van der Waals surface area contributed by atoms with Crippen LogP contribution in [-0.2, 0) is 9.53 Å². The number of rotatable bonds is 1. The van der Waals surface area contributed by atoms with Crippen molar-refractivity contribution in [1.82, 2.24) is 14.7 Å². The first-order chi connectivity index (χ1) is 9.24. The topological polar surface area (TPSA) is 64.4 Å². The van der Waals surface area contributed by atoms with Crippen molar-refractivity contribution < 1.29 is 14.3 Å². The van der Waals surface area contributed by atoms with Gasteiger partial charge in [0, 0.05) is 19.2 Å². The minimum atomic E-state index is -0.561. The number of carbonyl (C=O) groups excluding carboxylic acids is 2. The lowest BCUT2D eigenvalue weighted by atomic mass is 10.1. The Labute approximate surface area is 131 Å². The summed E-state index contributed by atoms with van der Waals surface area (Å²) < 4.78 is 8.07. The summed E-state index contributed by atoms with van der Waals surface area (Å²) in [6.45, 7) is 5.99. The van der Waals surface area contributed by atoms with Crippen molar-refractivity contribution in [3.63, 3.8) is 0 Å². The quantitative estimate of drug-likeness (QED) is 0.689. The zero-order valence-electron chi connectivity index (χ0n) is 11.8. The summed E-state index contributed by atoms with van der Waals surface area (Å²) in [4.78, 5) is 25.4. The lowest BCUT2D eigenvalue weighted by molar-refractivity contribution is -0.123. The van der Waals surface area contributed by atoms with E-state index in [1.165, 1.54) is 4.90 Å². The van der Waals surface area contributed by atoms with Gasteiger partial charge in [-0.2, -0.15) is 5.10 Å². The van der Waals surface area contributed by atoms with Gasteiger partial charge < -0.3 is 4.74 Å². The van der Waals surface area contributed by atoms with E-state index in [0.29, 0.717) is 13.0 Å². The normalized spacial score (nSPS) is 20.1. The maximum atomic E-state index is 12.1. The van der Waals surface area contributed by atoms with Gasteiger partial charge >= 0.3 is 6.09 Å². The number of hydrogen-bond acceptors (Lipinski definition) is 4. The second kappa shape index (κ2) is 5.71. The summed E-state index contributed by atoms with van der Waals surface area (Å²) in [7, 11) is 0. The van der Waals surface area contributed by atoms with Crippen molar-refractivity contribution in [2.75, 3.05) is 13.1 Å². The fraction of sp³-hybridized carbons (Fsp3) is 0.615. The van der Waals surface area contributed by atoms with E-state index in [2.05, 4.69) is 27.7 Å². The van der Waals surface area contributed by atoms with E-state index in [9.17, 15) is 9.59 Å². The van der Waals surface area contributed by atoms with Gasteiger partial charge in [-0.3, -0.25) is 14.4 Å². The molecule has 0 aromatic carbocycles. The fourth-order valence-electron chi connectivity index (χ4n) is 2.08. The molecule has 2 heterocycles. The van der Waals surface area contributed by atoms with Gasteiger partial charge in [-0.25, -0.2) is 4.79 Å². The average Bonchev–Trinajstić information content (AvgIpc) is 2.73. The second-order valence-electron chi connectivity index (χ2n) is 5.90. The number of nitrogens with zero attached hydrogens (tertiary/aromatic N) is 3. The second-order valence-corrected chi connectivity index (χ2v) is 7.14. The van der Waals surface area contributed by atoms with Crippen molar-refractivity contribution in [3.05, 3.63) is 16.0 Å². The first-order valence-electron chi connectivity index (χ1n) is 6.44. The molecule has 1 fully saturated rings. The van der Waals surface area contributed by atoms with Crippen LogP contribution in [0.2, 0.25) is 0 Å². The number of Topliss-reactive ketones (excluding diaryl/α,β-unsaturated/α-hetero) is 1. The van der Waals surface area contributed by atoms with E-state index >= 15 is 0 Å².